The van der Waals surface area contributed by atoms with Crippen molar-refractivity contribution in [1.82, 2.24) is 5.32 Å². The van der Waals surface area contributed by atoms with Gasteiger partial charge in [-0.2, -0.15) is 0 Å². The molecule has 0 aliphatic carbocycles. The summed E-state index contributed by atoms with van der Waals surface area (Å²) in [6, 6.07) is 19.4. The van der Waals surface area contributed by atoms with Crippen LogP contribution in [-0.2, 0) is 16.0 Å². The first kappa shape index (κ1) is 16.7. The molecule has 0 fully saturated rings. The summed E-state index contributed by atoms with van der Waals surface area (Å²) in [6.07, 6.45) is 1.65. The molecule has 0 aromatic heterocycles. The van der Waals surface area contributed by atoms with Crippen LogP contribution in [0.1, 0.15) is 18.4 Å². The zero-order valence-corrected chi connectivity index (χ0v) is 13.4. The minimum absolute atomic E-state index is 0.128. The molecule has 0 saturated heterocycles. The van der Waals surface area contributed by atoms with Crippen LogP contribution in [0.2, 0.25) is 0 Å². The van der Waals surface area contributed by atoms with Gasteiger partial charge in [0.05, 0.1) is 0 Å². The van der Waals surface area contributed by atoms with Crippen molar-refractivity contribution in [1.29, 1.82) is 0 Å². The molecular weight excluding hydrogens is 288 g/mol. The largest absolute Gasteiger partial charge is 0.356 e. The molecule has 4 nitrogen and oxygen atoms in total. The van der Waals surface area contributed by atoms with Gasteiger partial charge in [-0.3, -0.25) is 9.59 Å². The van der Waals surface area contributed by atoms with Gasteiger partial charge in [-0.1, -0.05) is 48.5 Å². The molecular formula is C19H22N2O2. The zero-order chi connectivity index (χ0) is 16.5. The number of anilines is 1. The van der Waals surface area contributed by atoms with Crippen molar-refractivity contribution < 1.29 is 9.59 Å². The Balaban J connectivity index is 1.69. The van der Waals surface area contributed by atoms with Gasteiger partial charge < -0.3 is 10.2 Å². The molecule has 0 aliphatic heterocycles. The monoisotopic (exact) mass is 310 g/mol. The second-order valence-corrected chi connectivity index (χ2v) is 5.40. The molecule has 23 heavy (non-hydrogen) atoms. The molecule has 0 atom stereocenters. The summed E-state index contributed by atoms with van der Waals surface area (Å²) in [4.78, 5) is 25.4. The third-order valence-corrected chi connectivity index (χ3v) is 3.64. The van der Waals surface area contributed by atoms with E-state index in [0.717, 1.165) is 18.5 Å². The first-order valence-corrected chi connectivity index (χ1v) is 7.79. The van der Waals surface area contributed by atoms with Crippen molar-refractivity contribution in [3.05, 3.63) is 66.2 Å². The molecule has 0 spiro atoms. The van der Waals surface area contributed by atoms with E-state index in [2.05, 4.69) is 17.4 Å². The fraction of sp³-hybridized carbons (Fsp3) is 0.263. The Bertz CT molecular complexity index is 626. The number of aryl methyl sites for hydroxylation is 1. The Morgan fingerprint density at radius 2 is 1.57 bits per heavy atom. The summed E-state index contributed by atoms with van der Waals surface area (Å²) in [5.41, 5.74) is 2.04. The first-order chi connectivity index (χ1) is 11.2. The van der Waals surface area contributed by atoms with Crippen molar-refractivity contribution in [3.63, 3.8) is 0 Å². The molecule has 1 N–H and O–H groups in total. The lowest BCUT2D eigenvalue weighted by atomic mass is 10.1. The Morgan fingerprint density at radius 3 is 2.22 bits per heavy atom. The predicted molar refractivity (Wildman–Crippen MR) is 92.2 cm³/mol. The van der Waals surface area contributed by atoms with Gasteiger partial charge in [0.1, 0.15) is 6.42 Å². The molecule has 2 rings (SSSR count). The van der Waals surface area contributed by atoms with E-state index in [-0.39, 0.29) is 18.2 Å². The van der Waals surface area contributed by atoms with Crippen molar-refractivity contribution >= 4 is 17.5 Å². The van der Waals surface area contributed by atoms with Crippen molar-refractivity contribution in [3.8, 4) is 0 Å². The highest BCUT2D eigenvalue weighted by Gasteiger charge is 2.14. The van der Waals surface area contributed by atoms with Gasteiger partial charge in [0.25, 0.3) is 0 Å². The standard InChI is InChI=1S/C19H22N2O2/c1-21(17-12-6-3-7-13-17)19(23)15-18(22)20-14-8-11-16-9-4-2-5-10-16/h2-7,9-10,12-13H,8,11,14-15H2,1H3,(H,20,22). The molecule has 2 amide bonds. The van der Waals surface area contributed by atoms with Crippen molar-refractivity contribution in [2.75, 3.05) is 18.5 Å². The highest BCUT2D eigenvalue weighted by atomic mass is 16.2. The van der Waals surface area contributed by atoms with Gasteiger partial charge in [-0.05, 0) is 30.5 Å². The van der Waals surface area contributed by atoms with Crippen LogP contribution in [0.4, 0.5) is 5.69 Å². The lowest BCUT2D eigenvalue weighted by Gasteiger charge is -2.17. The molecule has 0 unspecified atom stereocenters. The molecule has 0 heterocycles. The van der Waals surface area contributed by atoms with Gasteiger partial charge in [0, 0.05) is 19.3 Å². The van der Waals surface area contributed by atoms with Crippen LogP contribution in [0, 0.1) is 0 Å². The normalized spacial score (nSPS) is 10.1. The lowest BCUT2D eigenvalue weighted by Crippen LogP contribution is -2.33. The number of benzene rings is 2. The van der Waals surface area contributed by atoms with E-state index in [4.69, 9.17) is 0 Å². The maximum absolute atomic E-state index is 12.1. The highest BCUT2D eigenvalue weighted by Crippen LogP contribution is 2.11. The summed E-state index contributed by atoms with van der Waals surface area (Å²) in [5, 5.41) is 2.80. The van der Waals surface area contributed by atoms with E-state index in [1.165, 1.54) is 10.5 Å². The minimum atomic E-state index is -0.231. The van der Waals surface area contributed by atoms with Gasteiger partial charge >= 0.3 is 0 Å². The lowest BCUT2D eigenvalue weighted by molar-refractivity contribution is -0.127. The van der Waals surface area contributed by atoms with E-state index in [1.807, 2.05) is 48.5 Å². The Morgan fingerprint density at radius 1 is 0.957 bits per heavy atom. The molecule has 0 bridgehead atoms. The molecule has 0 saturated carbocycles. The fourth-order valence-electron chi connectivity index (χ4n) is 2.28. The third kappa shape index (κ3) is 5.58. The number of nitrogens with zero attached hydrogens (tertiary/aromatic N) is 1. The van der Waals surface area contributed by atoms with E-state index in [9.17, 15) is 9.59 Å². The quantitative estimate of drug-likeness (QED) is 0.631. The van der Waals surface area contributed by atoms with Crippen LogP contribution in [-0.4, -0.2) is 25.4 Å². The van der Waals surface area contributed by atoms with Gasteiger partial charge in [-0.15, -0.1) is 0 Å². The molecule has 120 valence electrons. The average molecular weight is 310 g/mol. The fourth-order valence-corrected chi connectivity index (χ4v) is 2.28. The number of nitrogens with one attached hydrogen (secondary N) is 1. The number of hydrogen-bond donors (Lipinski definition) is 1. The van der Waals surface area contributed by atoms with Crippen LogP contribution in [0.3, 0.4) is 0 Å². The summed E-state index contributed by atoms with van der Waals surface area (Å²) >= 11 is 0. The highest BCUT2D eigenvalue weighted by molar-refractivity contribution is 6.04. The summed E-state index contributed by atoms with van der Waals surface area (Å²) in [7, 11) is 1.68. The van der Waals surface area contributed by atoms with Gasteiger partial charge in [0.15, 0.2) is 0 Å². The van der Waals surface area contributed by atoms with Crippen molar-refractivity contribution in [2.24, 2.45) is 0 Å². The maximum atomic E-state index is 12.1. The molecule has 2 aromatic carbocycles. The first-order valence-electron chi connectivity index (χ1n) is 7.79. The SMILES string of the molecule is CN(C(=O)CC(=O)NCCCc1ccccc1)c1ccccc1. The Labute approximate surface area is 137 Å². The number of para-hydroxylation sites is 1. The Hall–Kier alpha value is -2.62. The van der Waals surface area contributed by atoms with Crippen LogP contribution < -0.4 is 10.2 Å². The summed E-state index contributed by atoms with van der Waals surface area (Å²) in [5.74, 6) is -0.442. The molecule has 2 aromatic rings. The van der Waals surface area contributed by atoms with E-state index in [0.29, 0.717) is 6.54 Å². The number of amides is 2. The maximum Gasteiger partial charge on any atom is 0.236 e. The number of rotatable bonds is 7. The number of hydrogen-bond acceptors (Lipinski definition) is 2. The topological polar surface area (TPSA) is 49.4 Å². The Kier molecular flexibility index (Phi) is 6.36. The second kappa shape index (κ2) is 8.73. The van der Waals surface area contributed by atoms with E-state index in [1.54, 1.807) is 7.05 Å². The van der Waals surface area contributed by atoms with Crippen LogP contribution in [0.25, 0.3) is 0 Å². The summed E-state index contributed by atoms with van der Waals surface area (Å²) in [6.45, 7) is 0.579. The molecule has 0 radical (unpaired) electrons. The zero-order valence-electron chi connectivity index (χ0n) is 13.4. The van der Waals surface area contributed by atoms with Gasteiger partial charge in [0.2, 0.25) is 11.8 Å². The smallest absolute Gasteiger partial charge is 0.236 e. The number of carbonyl (C=O) groups excluding carboxylic acids is 2. The summed E-state index contributed by atoms with van der Waals surface area (Å²) < 4.78 is 0. The molecule has 0 aliphatic rings. The predicted octanol–water partition coefficient (Wildman–Crippen LogP) is 2.79. The van der Waals surface area contributed by atoms with Crippen LogP contribution in [0.15, 0.2) is 60.7 Å². The van der Waals surface area contributed by atoms with Crippen molar-refractivity contribution in [2.45, 2.75) is 19.3 Å². The van der Waals surface area contributed by atoms with Crippen LogP contribution >= 0.6 is 0 Å². The van der Waals surface area contributed by atoms with Crippen LogP contribution in [0.5, 0.6) is 0 Å². The second-order valence-electron chi connectivity index (χ2n) is 5.40. The third-order valence-electron chi connectivity index (χ3n) is 3.64. The average Bonchev–Trinajstić information content (AvgIpc) is 2.59. The molecule has 4 heteroatoms. The van der Waals surface area contributed by atoms with E-state index >= 15 is 0 Å². The minimum Gasteiger partial charge on any atom is -0.356 e. The van der Waals surface area contributed by atoms with Gasteiger partial charge in [-0.25, -0.2) is 0 Å². The van der Waals surface area contributed by atoms with E-state index < -0.39 is 0 Å². The number of carbonyl (C=O) groups is 2.